The first-order chi connectivity index (χ1) is 17.8. The molecule has 38 heavy (non-hydrogen) atoms. The topological polar surface area (TPSA) is 80.9 Å². The molecule has 4 rings (SSSR count). The number of aryl methyl sites for hydroxylation is 8. The lowest BCUT2D eigenvalue weighted by Gasteiger charge is -2.32. The molecule has 4 nitrogen and oxygen atoms in total. The van der Waals surface area contributed by atoms with Crippen molar-refractivity contribution in [2.45, 2.75) is 67.2 Å². The fraction of sp³-hybridized carbons (Fsp3) is 0.294. The average molecular weight is 511 g/mol. The Morgan fingerprint density at radius 2 is 0.447 bits per heavy atom. The first-order valence-electron chi connectivity index (χ1n) is 13.0. The van der Waals surface area contributed by atoms with E-state index in [9.17, 15) is 20.4 Å². The minimum Gasteiger partial charge on any atom is -0.507 e. The van der Waals surface area contributed by atoms with Gasteiger partial charge in [0.05, 0.1) is 0 Å². The van der Waals surface area contributed by atoms with Gasteiger partial charge in [0.1, 0.15) is 23.0 Å². The van der Waals surface area contributed by atoms with Gasteiger partial charge in [-0.25, -0.2) is 0 Å². The normalized spacial score (nSPS) is 11.5. The number of rotatable bonds is 5. The summed E-state index contributed by atoms with van der Waals surface area (Å²) in [5.41, 5.74) is 10.5. The molecule has 198 valence electrons. The highest BCUT2D eigenvalue weighted by Gasteiger charge is 2.31. The Morgan fingerprint density at radius 1 is 0.316 bits per heavy atom. The third-order valence-electron chi connectivity index (χ3n) is 7.82. The molecule has 0 amide bonds. The van der Waals surface area contributed by atoms with E-state index in [1.165, 1.54) is 0 Å². The zero-order valence-corrected chi connectivity index (χ0v) is 23.6. The van der Waals surface area contributed by atoms with E-state index in [0.717, 1.165) is 66.8 Å². The van der Waals surface area contributed by atoms with E-state index < -0.39 is 0 Å². The minimum absolute atomic E-state index is 0.183. The smallest absolute Gasteiger partial charge is 0.121 e. The maximum Gasteiger partial charge on any atom is 0.121 e. The van der Waals surface area contributed by atoms with Crippen molar-refractivity contribution < 1.29 is 20.4 Å². The second-order valence-electron chi connectivity index (χ2n) is 11.0. The quantitative estimate of drug-likeness (QED) is 0.220. The van der Waals surface area contributed by atoms with Crippen LogP contribution in [0.4, 0.5) is 0 Å². The molecule has 4 aromatic rings. The van der Waals surface area contributed by atoms with Crippen molar-refractivity contribution in [1.82, 2.24) is 0 Å². The monoisotopic (exact) mass is 510 g/mol. The summed E-state index contributed by atoms with van der Waals surface area (Å²) in [5, 5.41) is 42.4. The number of aromatic hydroxyl groups is 4. The van der Waals surface area contributed by atoms with Crippen molar-refractivity contribution in [1.29, 1.82) is 0 Å². The molecule has 0 spiro atoms. The highest BCUT2D eigenvalue weighted by molar-refractivity contribution is 5.56. The van der Waals surface area contributed by atoms with Crippen molar-refractivity contribution in [3.63, 3.8) is 0 Å². The molecular weight excluding hydrogens is 472 g/mol. The molecule has 4 aromatic carbocycles. The van der Waals surface area contributed by atoms with Crippen LogP contribution in [0.2, 0.25) is 0 Å². The molecule has 4 N–H and O–H groups in total. The van der Waals surface area contributed by atoms with Crippen LogP contribution in [0.1, 0.15) is 78.6 Å². The van der Waals surface area contributed by atoms with E-state index >= 15 is 0 Å². The summed E-state index contributed by atoms with van der Waals surface area (Å²) >= 11 is 0. The third kappa shape index (κ3) is 4.83. The van der Waals surface area contributed by atoms with Gasteiger partial charge in [-0.2, -0.15) is 0 Å². The Labute approximate surface area is 225 Å². The number of phenols is 4. The van der Waals surface area contributed by atoms with E-state index in [1.807, 2.05) is 104 Å². The van der Waals surface area contributed by atoms with Gasteiger partial charge in [0.25, 0.3) is 0 Å². The molecule has 0 bridgehead atoms. The summed E-state index contributed by atoms with van der Waals surface area (Å²) in [7, 11) is 0. The second-order valence-corrected chi connectivity index (χ2v) is 11.0. The molecule has 0 aliphatic carbocycles. The van der Waals surface area contributed by atoms with Crippen molar-refractivity contribution in [2.24, 2.45) is 0 Å². The first-order valence-corrected chi connectivity index (χ1v) is 13.0. The largest absolute Gasteiger partial charge is 0.507 e. The van der Waals surface area contributed by atoms with Gasteiger partial charge in [-0.1, -0.05) is 48.5 Å². The summed E-state index contributed by atoms with van der Waals surface area (Å²) in [6.07, 6.45) is 0. The average Bonchev–Trinajstić information content (AvgIpc) is 2.85. The molecule has 0 unspecified atom stereocenters. The van der Waals surface area contributed by atoms with E-state index in [1.54, 1.807) is 0 Å². The maximum absolute atomic E-state index is 10.6. The van der Waals surface area contributed by atoms with Gasteiger partial charge in [-0.05, 0) is 122 Å². The molecule has 0 fully saturated rings. The van der Waals surface area contributed by atoms with Crippen molar-refractivity contribution in [3.8, 4) is 23.0 Å². The fourth-order valence-corrected chi connectivity index (χ4v) is 5.83. The lowest BCUT2D eigenvalue weighted by molar-refractivity contribution is 0.464. The number of hydrogen-bond donors (Lipinski definition) is 4. The first kappa shape index (κ1) is 27.1. The fourth-order valence-electron chi connectivity index (χ4n) is 5.83. The van der Waals surface area contributed by atoms with Gasteiger partial charge in [0.2, 0.25) is 0 Å². The van der Waals surface area contributed by atoms with Gasteiger partial charge >= 0.3 is 0 Å². The van der Waals surface area contributed by atoms with Crippen LogP contribution < -0.4 is 0 Å². The lowest BCUT2D eigenvalue weighted by atomic mass is 9.71. The standard InChI is InChI=1S/C34H38O4/c1-17-9-25(10-18(2)31(17)35)29(26-11-19(3)32(36)20(4)12-26)30(27-13-21(5)33(37)22(6)14-27)28-15-23(7)34(38)24(8)16-28/h9-16,29-30,35-38H,1-8H3. The highest BCUT2D eigenvalue weighted by atomic mass is 16.3. The third-order valence-corrected chi connectivity index (χ3v) is 7.82. The summed E-state index contributed by atoms with van der Waals surface area (Å²) in [5.74, 6) is 0.782. The van der Waals surface area contributed by atoms with Gasteiger partial charge in [-0.15, -0.1) is 0 Å². The molecular formula is C34H38O4. The van der Waals surface area contributed by atoms with Crippen LogP contribution >= 0.6 is 0 Å². The predicted octanol–water partition coefficient (Wildman–Crippen LogP) is 7.94. The van der Waals surface area contributed by atoms with Crippen molar-refractivity contribution in [3.05, 3.63) is 115 Å². The maximum atomic E-state index is 10.6. The number of hydrogen-bond acceptors (Lipinski definition) is 4. The molecule has 0 aliphatic rings. The Balaban J connectivity index is 2.14. The second kappa shape index (κ2) is 10.1. The van der Waals surface area contributed by atoms with Crippen molar-refractivity contribution in [2.75, 3.05) is 0 Å². The van der Waals surface area contributed by atoms with Crippen LogP contribution in [0.25, 0.3) is 0 Å². The summed E-state index contributed by atoms with van der Waals surface area (Å²) in [6.45, 7) is 15.3. The van der Waals surface area contributed by atoms with E-state index in [0.29, 0.717) is 0 Å². The summed E-state index contributed by atoms with van der Waals surface area (Å²) in [6, 6.07) is 16.3. The summed E-state index contributed by atoms with van der Waals surface area (Å²) < 4.78 is 0. The van der Waals surface area contributed by atoms with E-state index in [2.05, 4.69) is 0 Å². The zero-order valence-electron chi connectivity index (χ0n) is 23.6. The number of phenolic OH excluding ortho intramolecular Hbond substituents is 4. The Hall–Kier alpha value is -3.92. The van der Waals surface area contributed by atoms with Gasteiger partial charge in [0, 0.05) is 11.8 Å². The lowest BCUT2D eigenvalue weighted by Crippen LogP contribution is -2.16. The predicted molar refractivity (Wildman–Crippen MR) is 154 cm³/mol. The number of benzene rings is 4. The minimum atomic E-state index is -0.183. The van der Waals surface area contributed by atoms with Crippen LogP contribution in [0, 0.1) is 55.4 Å². The van der Waals surface area contributed by atoms with Gasteiger partial charge in [0.15, 0.2) is 0 Å². The summed E-state index contributed by atoms with van der Waals surface area (Å²) in [4.78, 5) is 0. The van der Waals surface area contributed by atoms with Gasteiger partial charge < -0.3 is 20.4 Å². The molecule has 0 heterocycles. The van der Waals surface area contributed by atoms with Crippen LogP contribution in [0.3, 0.4) is 0 Å². The van der Waals surface area contributed by atoms with Crippen LogP contribution in [0.5, 0.6) is 23.0 Å². The van der Waals surface area contributed by atoms with Gasteiger partial charge in [-0.3, -0.25) is 0 Å². The molecule has 4 heteroatoms. The van der Waals surface area contributed by atoms with E-state index in [4.69, 9.17) is 0 Å². The molecule has 0 aliphatic heterocycles. The van der Waals surface area contributed by atoms with Crippen LogP contribution in [0.15, 0.2) is 48.5 Å². The van der Waals surface area contributed by atoms with Crippen LogP contribution in [-0.2, 0) is 0 Å². The SMILES string of the molecule is Cc1cc(C(c2cc(C)c(O)c(C)c2)C(c2cc(C)c(O)c(C)c2)c2cc(C)c(O)c(C)c2)cc(C)c1O. The Kier molecular flexibility index (Phi) is 7.20. The van der Waals surface area contributed by atoms with Crippen LogP contribution in [-0.4, -0.2) is 20.4 Å². The van der Waals surface area contributed by atoms with Crippen molar-refractivity contribution >= 4 is 0 Å². The zero-order chi connectivity index (χ0) is 28.0. The highest BCUT2D eigenvalue weighted by Crippen LogP contribution is 2.47. The molecule has 0 saturated heterocycles. The molecule has 0 atom stereocenters. The molecule has 0 saturated carbocycles. The van der Waals surface area contributed by atoms with E-state index in [-0.39, 0.29) is 34.8 Å². The Morgan fingerprint density at radius 3 is 0.579 bits per heavy atom. The molecule has 0 radical (unpaired) electrons. The molecule has 0 aromatic heterocycles. The Bertz CT molecular complexity index is 1220.